The third kappa shape index (κ3) is 4.80. The minimum Gasteiger partial charge on any atom is -0.456 e. The molecule has 0 atom stereocenters. The number of rotatable bonds is 7. The number of nitrogens with one attached hydrogen (secondary N) is 1. The molecule has 0 saturated carbocycles. The fraction of sp³-hybridized carbons (Fsp3) is 0.158. The van der Waals surface area contributed by atoms with Gasteiger partial charge in [0.05, 0.1) is 29.6 Å². The first-order valence-electron chi connectivity index (χ1n) is 8.59. The predicted molar refractivity (Wildman–Crippen MR) is 103 cm³/mol. The van der Waals surface area contributed by atoms with Crippen molar-refractivity contribution in [3.8, 4) is 0 Å². The second-order valence-electron chi connectivity index (χ2n) is 5.98. The van der Waals surface area contributed by atoms with E-state index in [1.54, 1.807) is 24.3 Å². The van der Waals surface area contributed by atoms with Crippen LogP contribution in [0.2, 0.25) is 0 Å². The van der Waals surface area contributed by atoms with E-state index >= 15 is 0 Å². The number of amides is 1. The van der Waals surface area contributed by atoms with Crippen LogP contribution in [-0.2, 0) is 20.9 Å². The van der Waals surface area contributed by atoms with Gasteiger partial charge in [0, 0.05) is 11.5 Å². The number of anilines is 1. The Morgan fingerprint density at radius 3 is 2.66 bits per heavy atom. The molecule has 0 bridgehead atoms. The highest BCUT2D eigenvalue weighted by atomic mass is 16.6. The fourth-order valence-corrected chi connectivity index (χ4v) is 2.68. The number of fused-ring (bicyclic) bond motifs is 1. The lowest BCUT2D eigenvalue weighted by atomic mass is 10.2. The number of hydrogen-bond donors (Lipinski definition) is 1. The maximum absolute atomic E-state index is 11.9. The summed E-state index contributed by atoms with van der Waals surface area (Å²) in [5.74, 6) is -1.34. The molecule has 3 rings (SSSR count). The molecule has 2 aromatic carbocycles. The summed E-state index contributed by atoms with van der Waals surface area (Å²) in [5, 5.41) is 17.8. The van der Waals surface area contributed by atoms with Crippen LogP contribution >= 0.6 is 0 Å². The van der Waals surface area contributed by atoms with Crippen LogP contribution in [0.5, 0.6) is 0 Å². The topological polar surface area (TPSA) is 133 Å². The number of aromatic nitrogens is 2. The SMILES string of the molecule is O=C(COC(=O)CCn1ncc(=O)c2ccccc21)Nc1ccccc1[N+](=O)[O-]. The van der Waals surface area contributed by atoms with Gasteiger partial charge >= 0.3 is 5.97 Å². The van der Waals surface area contributed by atoms with Crippen molar-refractivity contribution in [2.75, 3.05) is 11.9 Å². The predicted octanol–water partition coefficient (Wildman–Crippen LogP) is 1.88. The van der Waals surface area contributed by atoms with Gasteiger partial charge in [-0.05, 0) is 18.2 Å². The molecule has 0 aliphatic rings. The second-order valence-corrected chi connectivity index (χ2v) is 5.98. The largest absolute Gasteiger partial charge is 0.456 e. The monoisotopic (exact) mass is 396 g/mol. The lowest BCUT2D eigenvalue weighted by Crippen LogP contribution is -2.22. The summed E-state index contributed by atoms with van der Waals surface area (Å²) >= 11 is 0. The summed E-state index contributed by atoms with van der Waals surface area (Å²) < 4.78 is 6.42. The number of para-hydroxylation sites is 3. The van der Waals surface area contributed by atoms with Crippen LogP contribution in [0, 0.1) is 10.1 Å². The minimum atomic E-state index is -0.695. The van der Waals surface area contributed by atoms with E-state index in [2.05, 4.69) is 10.4 Å². The molecule has 29 heavy (non-hydrogen) atoms. The van der Waals surface area contributed by atoms with Gasteiger partial charge in [0.2, 0.25) is 5.43 Å². The molecule has 0 unspecified atom stereocenters. The smallest absolute Gasteiger partial charge is 0.308 e. The molecular formula is C19H16N4O6. The number of ether oxygens (including phenoxy) is 1. The molecule has 1 N–H and O–H groups in total. The van der Waals surface area contributed by atoms with Crippen LogP contribution in [0.4, 0.5) is 11.4 Å². The number of carbonyl (C=O) groups is 2. The van der Waals surface area contributed by atoms with E-state index in [0.717, 1.165) is 0 Å². The molecule has 10 heteroatoms. The number of esters is 1. The summed E-state index contributed by atoms with van der Waals surface area (Å²) in [6.45, 7) is -0.422. The number of nitro groups is 1. The first kappa shape index (κ1) is 19.7. The highest BCUT2D eigenvalue weighted by Crippen LogP contribution is 2.22. The van der Waals surface area contributed by atoms with Crippen molar-refractivity contribution >= 4 is 34.2 Å². The molecule has 0 fully saturated rings. The molecule has 0 spiro atoms. The maximum atomic E-state index is 11.9. The van der Waals surface area contributed by atoms with E-state index in [1.165, 1.54) is 35.1 Å². The molecule has 1 aromatic heterocycles. The van der Waals surface area contributed by atoms with Gasteiger partial charge < -0.3 is 10.1 Å². The number of nitro benzene ring substituents is 1. The summed E-state index contributed by atoms with van der Waals surface area (Å²) in [4.78, 5) is 46.0. The van der Waals surface area contributed by atoms with Crippen LogP contribution in [0.25, 0.3) is 10.9 Å². The van der Waals surface area contributed by atoms with Gasteiger partial charge in [0.1, 0.15) is 5.69 Å². The van der Waals surface area contributed by atoms with Gasteiger partial charge in [-0.15, -0.1) is 0 Å². The van der Waals surface area contributed by atoms with Crippen molar-refractivity contribution in [2.24, 2.45) is 0 Å². The third-order valence-electron chi connectivity index (χ3n) is 4.03. The quantitative estimate of drug-likeness (QED) is 0.366. The highest BCUT2D eigenvalue weighted by Gasteiger charge is 2.16. The van der Waals surface area contributed by atoms with Crippen LogP contribution in [-0.4, -0.2) is 33.2 Å². The van der Waals surface area contributed by atoms with Crippen molar-refractivity contribution in [1.82, 2.24) is 9.78 Å². The molecule has 0 aliphatic carbocycles. The summed E-state index contributed by atoms with van der Waals surface area (Å²) in [6, 6.07) is 12.5. The lowest BCUT2D eigenvalue weighted by molar-refractivity contribution is -0.383. The number of benzene rings is 2. The zero-order chi connectivity index (χ0) is 20.8. The van der Waals surface area contributed by atoms with Gasteiger partial charge in [-0.2, -0.15) is 5.10 Å². The average molecular weight is 396 g/mol. The Labute approximate surface area is 163 Å². The summed E-state index contributed by atoms with van der Waals surface area (Å²) in [5.41, 5.74) is 0.124. The third-order valence-corrected chi connectivity index (χ3v) is 4.03. The Balaban J connectivity index is 1.55. The van der Waals surface area contributed by atoms with Gasteiger partial charge in [0.25, 0.3) is 11.6 Å². The molecule has 1 amide bonds. The van der Waals surface area contributed by atoms with E-state index in [4.69, 9.17) is 4.74 Å². The van der Waals surface area contributed by atoms with Crippen LogP contribution < -0.4 is 10.7 Å². The number of hydrogen-bond acceptors (Lipinski definition) is 7. The fourth-order valence-electron chi connectivity index (χ4n) is 2.68. The molecule has 0 aliphatic heterocycles. The second kappa shape index (κ2) is 8.74. The molecule has 0 saturated heterocycles. The number of aryl methyl sites for hydroxylation is 1. The van der Waals surface area contributed by atoms with Crippen molar-refractivity contribution in [3.05, 3.63) is 75.1 Å². The van der Waals surface area contributed by atoms with Crippen LogP contribution in [0.3, 0.4) is 0 Å². The summed E-state index contributed by atoms with van der Waals surface area (Å²) in [7, 11) is 0. The van der Waals surface area contributed by atoms with Crippen molar-refractivity contribution in [2.45, 2.75) is 13.0 Å². The molecule has 3 aromatic rings. The Hall–Kier alpha value is -4.08. The van der Waals surface area contributed by atoms with Gasteiger partial charge in [0.15, 0.2) is 6.61 Å². The van der Waals surface area contributed by atoms with E-state index in [-0.39, 0.29) is 29.8 Å². The highest BCUT2D eigenvalue weighted by molar-refractivity contribution is 5.94. The maximum Gasteiger partial charge on any atom is 0.308 e. The first-order valence-corrected chi connectivity index (χ1v) is 8.59. The normalized spacial score (nSPS) is 10.5. The lowest BCUT2D eigenvalue weighted by Gasteiger charge is -2.09. The summed E-state index contributed by atoms with van der Waals surface area (Å²) in [6.07, 6.45) is 1.10. The molecular weight excluding hydrogens is 380 g/mol. The van der Waals surface area contributed by atoms with Crippen molar-refractivity contribution < 1.29 is 19.2 Å². The Morgan fingerprint density at radius 1 is 1.14 bits per heavy atom. The standard InChI is InChI=1S/C19H16N4O6/c24-17-11-20-22(15-7-3-1-5-13(15)17)10-9-19(26)29-12-18(25)21-14-6-2-4-8-16(14)23(27)28/h1-8,11H,9-10,12H2,(H,21,25). The van der Waals surface area contributed by atoms with Gasteiger partial charge in [-0.3, -0.25) is 29.2 Å². The van der Waals surface area contributed by atoms with Gasteiger partial charge in [-0.1, -0.05) is 24.3 Å². The minimum absolute atomic E-state index is 0.0162. The Morgan fingerprint density at radius 2 is 1.86 bits per heavy atom. The van der Waals surface area contributed by atoms with E-state index in [1.807, 2.05) is 0 Å². The van der Waals surface area contributed by atoms with E-state index < -0.39 is 23.4 Å². The molecule has 10 nitrogen and oxygen atoms in total. The molecule has 1 heterocycles. The van der Waals surface area contributed by atoms with E-state index in [0.29, 0.717) is 10.9 Å². The Kier molecular flexibility index (Phi) is 5.93. The van der Waals surface area contributed by atoms with Crippen LogP contribution in [0.1, 0.15) is 6.42 Å². The molecule has 0 radical (unpaired) electrons. The van der Waals surface area contributed by atoms with Gasteiger partial charge in [-0.25, -0.2) is 0 Å². The van der Waals surface area contributed by atoms with E-state index in [9.17, 15) is 24.5 Å². The number of nitrogens with zero attached hydrogens (tertiary/aromatic N) is 3. The van der Waals surface area contributed by atoms with Crippen molar-refractivity contribution in [1.29, 1.82) is 0 Å². The average Bonchev–Trinajstić information content (AvgIpc) is 2.72. The first-order chi connectivity index (χ1) is 14.0. The zero-order valence-corrected chi connectivity index (χ0v) is 15.1. The van der Waals surface area contributed by atoms with Crippen LogP contribution in [0.15, 0.2) is 59.5 Å². The Bertz CT molecular complexity index is 1140. The number of carbonyl (C=O) groups excluding carboxylic acids is 2. The zero-order valence-electron chi connectivity index (χ0n) is 15.1. The molecule has 148 valence electrons. The van der Waals surface area contributed by atoms with Crippen molar-refractivity contribution in [3.63, 3.8) is 0 Å².